The van der Waals surface area contributed by atoms with Gasteiger partial charge in [-0.25, -0.2) is 9.79 Å². The molecule has 0 unspecified atom stereocenters. The van der Waals surface area contributed by atoms with E-state index in [1.807, 2.05) is 41.1 Å². The number of halogens is 1. The molecule has 3 heterocycles. The predicted octanol–water partition coefficient (Wildman–Crippen LogP) is 5.49. The van der Waals surface area contributed by atoms with Gasteiger partial charge < -0.3 is 18.8 Å². The number of nitro groups is 1. The molecule has 0 saturated heterocycles. The van der Waals surface area contributed by atoms with Crippen LogP contribution in [0, 0.1) is 10.1 Å². The lowest BCUT2D eigenvalue weighted by Gasteiger charge is -2.26. The van der Waals surface area contributed by atoms with E-state index < -0.39 is 16.9 Å². The molecule has 0 N–H and O–H groups in total. The summed E-state index contributed by atoms with van der Waals surface area (Å²) in [6.07, 6.45) is 3.80. The van der Waals surface area contributed by atoms with Crippen LogP contribution in [-0.4, -0.2) is 40.9 Å². The van der Waals surface area contributed by atoms with Gasteiger partial charge in [0.2, 0.25) is 0 Å². The van der Waals surface area contributed by atoms with Crippen molar-refractivity contribution >= 4 is 55.9 Å². The van der Waals surface area contributed by atoms with E-state index in [1.54, 1.807) is 38.1 Å². The lowest BCUT2D eigenvalue weighted by atomic mass is 9.95. The lowest BCUT2D eigenvalue weighted by Crippen LogP contribution is -2.40. The van der Waals surface area contributed by atoms with Gasteiger partial charge in [0.05, 0.1) is 47.6 Å². The van der Waals surface area contributed by atoms with Crippen LogP contribution in [0.15, 0.2) is 92.4 Å². The minimum Gasteiger partial charge on any atom is -0.493 e. The van der Waals surface area contributed by atoms with Crippen molar-refractivity contribution < 1.29 is 23.9 Å². The number of benzene rings is 3. The molecule has 5 aromatic rings. The molecule has 47 heavy (non-hydrogen) atoms. The van der Waals surface area contributed by atoms with Crippen LogP contribution in [0.1, 0.15) is 36.6 Å². The van der Waals surface area contributed by atoms with Crippen LogP contribution in [0.3, 0.4) is 0 Å². The maximum Gasteiger partial charge on any atom is 0.338 e. The smallest absolute Gasteiger partial charge is 0.338 e. The zero-order chi connectivity index (χ0) is 33.4. The number of methoxy groups -OCH3 is 2. The van der Waals surface area contributed by atoms with Crippen molar-refractivity contribution in [3.63, 3.8) is 0 Å². The van der Waals surface area contributed by atoms with Crippen molar-refractivity contribution in [1.29, 1.82) is 0 Å². The molecule has 0 radical (unpaired) electrons. The molecule has 3 aromatic carbocycles. The van der Waals surface area contributed by atoms with Gasteiger partial charge in [-0.05, 0) is 49.2 Å². The predicted molar refractivity (Wildman–Crippen MR) is 182 cm³/mol. The average Bonchev–Trinajstić information content (AvgIpc) is 3.56. The third-order valence-corrected chi connectivity index (χ3v) is 9.59. The van der Waals surface area contributed by atoms with Gasteiger partial charge in [0.15, 0.2) is 16.3 Å². The summed E-state index contributed by atoms with van der Waals surface area (Å²) in [5.74, 6) is 0.356. The van der Waals surface area contributed by atoms with Gasteiger partial charge in [-0.3, -0.25) is 19.5 Å². The van der Waals surface area contributed by atoms with Gasteiger partial charge in [-0.1, -0.05) is 57.6 Å². The van der Waals surface area contributed by atoms with Gasteiger partial charge in [-0.2, -0.15) is 0 Å². The summed E-state index contributed by atoms with van der Waals surface area (Å²) in [7, 11) is 3.05. The van der Waals surface area contributed by atoms with Crippen molar-refractivity contribution in [1.82, 2.24) is 9.13 Å². The molecule has 240 valence electrons. The van der Waals surface area contributed by atoms with Crippen LogP contribution in [0.5, 0.6) is 11.5 Å². The molecule has 6 rings (SSSR count). The highest BCUT2D eigenvalue weighted by Gasteiger charge is 2.35. The highest BCUT2D eigenvalue weighted by molar-refractivity contribution is 9.10. The molecular weight excluding hydrogens is 688 g/mol. The Bertz CT molecular complexity index is 2270. The van der Waals surface area contributed by atoms with Crippen LogP contribution in [0.25, 0.3) is 17.0 Å². The van der Waals surface area contributed by atoms with Crippen molar-refractivity contribution in [2.75, 3.05) is 20.8 Å². The van der Waals surface area contributed by atoms with Crippen LogP contribution >= 0.6 is 27.3 Å². The first-order valence-electron chi connectivity index (χ1n) is 14.6. The average molecular weight is 718 g/mol. The molecule has 0 fully saturated rings. The Labute approximate surface area is 280 Å². The van der Waals surface area contributed by atoms with Gasteiger partial charge in [0.25, 0.3) is 11.2 Å². The van der Waals surface area contributed by atoms with Gasteiger partial charge in [-0.15, -0.1) is 0 Å². The number of ether oxygens (including phenoxy) is 3. The largest absolute Gasteiger partial charge is 0.493 e. The number of para-hydroxylation sites is 1. The van der Waals surface area contributed by atoms with E-state index >= 15 is 0 Å². The maximum absolute atomic E-state index is 14.3. The maximum atomic E-state index is 14.3. The Morgan fingerprint density at radius 1 is 1.11 bits per heavy atom. The first kappa shape index (κ1) is 32.0. The second kappa shape index (κ2) is 13.0. The topological polar surface area (TPSA) is 127 Å². The number of allylic oxidation sites excluding steroid dienone is 1. The second-order valence-corrected chi connectivity index (χ2v) is 12.5. The summed E-state index contributed by atoms with van der Waals surface area (Å²) in [6, 6.07) is 16.9. The summed E-state index contributed by atoms with van der Waals surface area (Å²) in [6.45, 7) is 4.09. The SMILES string of the molecule is CCOC(=O)C1=C(C)N=c2s/c(=C\c3cn(Cc4ccc([N+](=O)[O-])cc4)c4ccccc34)c(=O)n2[C@@H]1c1cc(OC)c(OC)cc1Br. The number of non-ortho nitro benzene ring substituents is 1. The minimum absolute atomic E-state index is 0.0296. The highest BCUT2D eigenvalue weighted by atomic mass is 79.9. The minimum atomic E-state index is -0.856. The number of rotatable bonds is 9. The summed E-state index contributed by atoms with van der Waals surface area (Å²) in [5.41, 5.74) is 3.66. The quantitative estimate of drug-likeness (QED) is 0.112. The van der Waals surface area contributed by atoms with Gasteiger partial charge >= 0.3 is 5.97 Å². The molecule has 1 aliphatic heterocycles. The lowest BCUT2D eigenvalue weighted by molar-refractivity contribution is -0.384. The molecule has 0 bridgehead atoms. The number of fused-ring (bicyclic) bond motifs is 2. The van der Waals surface area contributed by atoms with Crippen molar-refractivity contribution in [2.45, 2.75) is 26.4 Å². The van der Waals surface area contributed by atoms with E-state index in [0.29, 0.717) is 43.1 Å². The molecule has 0 aliphatic carbocycles. The molecule has 0 saturated carbocycles. The molecule has 1 atom stereocenters. The number of carbonyl (C=O) groups excluding carboxylic acids is 1. The van der Waals surface area contributed by atoms with Crippen LogP contribution in [0.4, 0.5) is 5.69 Å². The fourth-order valence-electron chi connectivity index (χ4n) is 5.75. The van der Waals surface area contributed by atoms with E-state index in [4.69, 9.17) is 19.2 Å². The third-order valence-electron chi connectivity index (χ3n) is 7.92. The van der Waals surface area contributed by atoms with E-state index in [-0.39, 0.29) is 23.4 Å². The van der Waals surface area contributed by atoms with E-state index in [9.17, 15) is 19.7 Å². The number of esters is 1. The Morgan fingerprint density at radius 3 is 2.49 bits per heavy atom. The van der Waals surface area contributed by atoms with E-state index in [0.717, 1.165) is 22.0 Å². The van der Waals surface area contributed by atoms with Gasteiger partial charge in [0.1, 0.15) is 0 Å². The number of hydrogen-bond donors (Lipinski definition) is 0. The summed E-state index contributed by atoms with van der Waals surface area (Å²) in [5, 5.41) is 12.1. The van der Waals surface area contributed by atoms with Crippen LogP contribution < -0.4 is 24.4 Å². The van der Waals surface area contributed by atoms with E-state index in [1.165, 1.54) is 42.3 Å². The molecule has 0 amide bonds. The van der Waals surface area contributed by atoms with Gasteiger partial charge in [0, 0.05) is 45.8 Å². The number of hydrogen-bond acceptors (Lipinski definition) is 9. The summed E-state index contributed by atoms with van der Waals surface area (Å²) >= 11 is 4.86. The Hall–Kier alpha value is -5.01. The standard InChI is InChI=1S/C34H29BrN4O7S/c1-5-46-33(41)30-19(2)36-34-38(31(30)24-15-27(44-3)28(45-4)16-25(24)35)32(40)29(47-34)14-21-18-37(26-9-7-6-8-23(21)26)17-20-10-12-22(13-11-20)39(42)43/h6-16,18,31H,5,17H2,1-4H3/b29-14-/t31-/m1/s1. The Morgan fingerprint density at radius 2 is 1.81 bits per heavy atom. The number of nitrogens with zero attached hydrogens (tertiary/aromatic N) is 4. The number of nitro benzene ring substituents is 1. The fraction of sp³-hybridized carbons (Fsp3) is 0.206. The Balaban J connectivity index is 1.51. The van der Waals surface area contributed by atoms with Crippen molar-refractivity contribution in [3.8, 4) is 11.5 Å². The molecule has 1 aliphatic rings. The molecule has 2 aromatic heterocycles. The number of thiazole rings is 1. The molecule has 13 heteroatoms. The van der Waals surface area contributed by atoms with Crippen LogP contribution in [-0.2, 0) is 16.1 Å². The summed E-state index contributed by atoms with van der Waals surface area (Å²) < 4.78 is 21.1. The highest BCUT2D eigenvalue weighted by Crippen LogP contribution is 2.41. The first-order chi connectivity index (χ1) is 22.6. The fourth-order valence-corrected chi connectivity index (χ4v) is 7.32. The first-order valence-corrected chi connectivity index (χ1v) is 16.2. The molecular formula is C34H29BrN4O7S. The zero-order valence-electron chi connectivity index (χ0n) is 25.9. The van der Waals surface area contributed by atoms with Crippen LogP contribution in [0.2, 0.25) is 0 Å². The zero-order valence-corrected chi connectivity index (χ0v) is 28.3. The Kier molecular flexibility index (Phi) is 8.84. The van der Waals surface area contributed by atoms with Crippen molar-refractivity contribution in [2.24, 2.45) is 4.99 Å². The number of aromatic nitrogens is 2. The van der Waals surface area contributed by atoms with Crippen molar-refractivity contribution in [3.05, 3.63) is 129 Å². The molecule has 11 nitrogen and oxygen atoms in total. The third kappa shape index (κ3) is 5.87. The van der Waals surface area contributed by atoms with E-state index in [2.05, 4.69) is 15.9 Å². The monoisotopic (exact) mass is 716 g/mol. The second-order valence-electron chi connectivity index (χ2n) is 10.7. The summed E-state index contributed by atoms with van der Waals surface area (Å²) in [4.78, 5) is 43.5. The molecule has 0 spiro atoms. The normalized spacial score (nSPS) is 14.6. The number of carbonyl (C=O) groups is 1.